The molecule has 1 aromatic rings. The molecular formula is C14H18O2. The van der Waals surface area contributed by atoms with Crippen molar-refractivity contribution in [3.8, 4) is 0 Å². The maximum Gasteiger partial charge on any atom is 0.303 e. The molecule has 0 fully saturated rings. The van der Waals surface area contributed by atoms with E-state index in [9.17, 15) is 4.79 Å². The lowest BCUT2D eigenvalue weighted by atomic mass is 10.0. The Morgan fingerprint density at radius 1 is 1.44 bits per heavy atom. The van der Waals surface area contributed by atoms with Crippen LogP contribution in [0.25, 0.3) is 6.08 Å². The van der Waals surface area contributed by atoms with Crippen molar-refractivity contribution < 1.29 is 9.90 Å². The molecule has 0 radical (unpaired) electrons. The maximum absolute atomic E-state index is 10.3. The molecule has 0 aliphatic rings. The Hall–Kier alpha value is -1.57. The monoisotopic (exact) mass is 218 g/mol. The van der Waals surface area contributed by atoms with Crippen molar-refractivity contribution in [1.82, 2.24) is 0 Å². The van der Waals surface area contributed by atoms with Gasteiger partial charge >= 0.3 is 5.97 Å². The van der Waals surface area contributed by atoms with Crippen molar-refractivity contribution in [3.63, 3.8) is 0 Å². The van der Waals surface area contributed by atoms with E-state index in [-0.39, 0.29) is 6.42 Å². The van der Waals surface area contributed by atoms with E-state index in [0.29, 0.717) is 12.3 Å². The van der Waals surface area contributed by atoms with Crippen LogP contribution in [0.4, 0.5) is 0 Å². The van der Waals surface area contributed by atoms with Gasteiger partial charge in [-0.2, -0.15) is 0 Å². The Kier molecular flexibility index (Phi) is 4.77. The predicted octanol–water partition coefficient (Wildman–Crippen LogP) is 3.69. The third-order valence-corrected chi connectivity index (χ3v) is 2.41. The lowest BCUT2D eigenvalue weighted by Gasteiger charge is -2.05. The molecule has 2 nitrogen and oxygen atoms in total. The van der Waals surface area contributed by atoms with Crippen molar-refractivity contribution in [1.29, 1.82) is 0 Å². The fourth-order valence-electron chi connectivity index (χ4n) is 1.45. The molecule has 0 aromatic heterocycles. The summed E-state index contributed by atoms with van der Waals surface area (Å²) in [7, 11) is 0. The second-order valence-electron chi connectivity index (χ2n) is 4.16. The highest BCUT2D eigenvalue weighted by Gasteiger charge is 1.98. The molecule has 0 saturated carbocycles. The van der Waals surface area contributed by atoms with E-state index in [4.69, 9.17) is 5.11 Å². The Morgan fingerprint density at radius 2 is 2.19 bits per heavy atom. The molecule has 0 aliphatic heterocycles. The summed E-state index contributed by atoms with van der Waals surface area (Å²) in [5, 5.41) is 8.49. The molecule has 0 aliphatic carbocycles. The number of carbonyl (C=O) groups is 1. The van der Waals surface area contributed by atoms with E-state index in [2.05, 4.69) is 26.0 Å². The highest BCUT2D eigenvalue weighted by molar-refractivity contribution is 5.67. The van der Waals surface area contributed by atoms with E-state index in [1.54, 1.807) is 0 Å². The molecule has 0 amide bonds. The van der Waals surface area contributed by atoms with E-state index in [1.807, 2.05) is 24.3 Å². The summed E-state index contributed by atoms with van der Waals surface area (Å²) in [6.07, 6.45) is 4.67. The molecule has 1 rings (SSSR count). The standard InChI is InChI=1S/C14H18O2/c1-11(2)13-8-5-7-12(10-13)6-3-4-9-14(15)16/h3,5-8,10-11H,4,9H2,1-2H3,(H,15,16). The van der Waals surface area contributed by atoms with Crippen LogP contribution in [0.5, 0.6) is 0 Å². The number of carboxylic acid groups (broad SMARTS) is 1. The van der Waals surface area contributed by atoms with Gasteiger partial charge in [0.05, 0.1) is 0 Å². The topological polar surface area (TPSA) is 37.3 Å². The van der Waals surface area contributed by atoms with Gasteiger partial charge in [0.25, 0.3) is 0 Å². The molecule has 0 bridgehead atoms. The van der Waals surface area contributed by atoms with E-state index < -0.39 is 5.97 Å². The largest absolute Gasteiger partial charge is 0.481 e. The van der Waals surface area contributed by atoms with Gasteiger partial charge in [0, 0.05) is 6.42 Å². The van der Waals surface area contributed by atoms with Crippen molar-refractivity contribution >= 4 is 12.0 Å². The van der Waals surface area contributed by atoms with Gasteiger partial charge in [0.1, 0.15) is 0 Å². The highest BCUT2D eigenvalue weighted by Crippen LogP contribution is 2.16. The fraction of sp³-hybridized carbons (Fsp3) is 0.357. The van der Waals surface area contributed by atoms with Crippen LogP contribution in [0, 0.1) is 0 Å². The van der Waals surface area contributed by atoms with Crippen LogP contribution in [-0.2, 0) is 4.79 Å². The molecule has 0 unspecified atom stereocenters. The molecule has 16 heavy (non-hydrogen) atoms. The molecule has 1 aromatic carbocycles. The van der Waals surface area contributed by atoms with Gasteiger partial charge in [-0.1, -0.05) is 50.3 Å². The summed E-state index contributed by atoms with van der Waals surface area (Å²) in [5.74, 6) is -0.229. The SMILES string of the molecule is CC(C)c1cccc(C=CCCC(=O)O)c1. The fourth-order valence-corrected chi connectivity index (χ4v) is 1.45. The molecule has 86 valence electrons. The van der Waals surface area contributed by atoms with Crippen LogP contribution in [0.1, 0.15) is 43.7 Å². The number of rotatable bonds is 5. The van der Waals surface area contributed by atoms with Crippen molar-refractivity contribution in [2.45, 2.75) is 32.6 Å². The zero-order valence-corrected chi connectivity index (χ0v) is 9.81. The Morgan fingerprint density at radius 3 is 2.81 bits per heavy atom. The molecule has 0 atom stereocenters. The van der Waals surface area contributed by atoms with Gasteiger partial charge < -0.3 is 5.11 Å². The first-order valence-corrected chi connectivity index (χ1v) is 5.58. The third kappa shape index (κ3) is 4.30. The van der Waals surface area contributed by atoms with Crippen molar-refractivity contribution in [2.75, 3.05) is 0 Å². The first kappa shape index (κ1) is 12.5. The summed E-state index contributed by atoms with van der Waals surface area (Å²) < 4.78 is 0. The lowest BCUT2D eigenvalue weighted by molar-refractivity contribution is -0.136. The Labute approximate surface area is 96.6 Å². The summed E-state index contributed by atoms with van der Waals surface area (Å²) in [6.45, 7) is 4.32. The number of benzene rings is 1. The average Bonchev–Trinajstić information content (AvgIpc) is 2.24. The molecule has 0 heterocycles. The number of hydrogen-bond donors (Lipinski definition) is 1. The van der Waals surface area contributed by atoms with Crippen molar-refractivity contribution in [3.05, 3.63) is 41.5 Å². The number of carboxylic acids is 1. The van der Waals surface area contributed by atoms with Crippen LogP contribution >= 0.6 is 0 Å². The summed E-state index contributed by atoms with van der Waals surface area (Å²) in [6, 6.07) is 8.32. The second-order valence-corrected chi connectivity index (χ2v) is 4.16. The van der Waals surface area contributed by atoms with Gasteiger partial charge in [-0.15, -0.1) is 0 Å². The first-order chi connectivity index (χ1) is 7.59. The molecule has 0 spiro atoms. The minimum atomic E-state index is -0.749. The van der Waals surface area contributed by atoms with Crippen LogP contribution in [-0.4, -0.2) is 11.1 Å². The molecule has 0 saturated heterocycles. The van der Waals surface area contributed by atoms with Crippen LogP contribution in [0.15, 0.2) is 30.3 Å². The van der Waals surface area contributed by atoms with E-state index in [0.717, 1.165) is 5.56 Å². The normalized spacial score (nSPS) is 11.2. The van der Waals surface area contributed by atoms with Gasteiger partial charge in [0.15, 0.2) is 0 Å². The lowest BCUT2D eigenvalue weighted by Crippen LogP contribution is -1.91. The average molecular weight is 218 g/mol. The second kappa shape index (κ2) is 6.11. The maximum atomic E-state index is 10.3. The van der Waals surface area contributed by atoms with Gasteiger partial charge in [-0.05, 0) is 23.5 Å². The first-order valence-electron chi connectivity index (χ1n) is 5.58. The third-order valence-electron chi connectivity index (χ3n) is 2.41. The zero-order chi connectivity index (χ0) is 12.0. The smallest absolute Gasteiger partial charge is 0.303 e. The molecular weight excluding hydrogens is 200 g/mol. The summed E-state index contributed by atoms with van der Waals surface area (Å²) in [5.41, 5.74) is 2.44. The number of aliphatic carboxylic acids is 1. The summed E-state index contributed by atoms with van der Waals surface area (Å²) >= 11 is 0. The number of hydrogen-bond acceptors (Lipinski definition) is 1. The predicted molar refractivity (Wildman–Crippen MR) is 66.4 cm³/mol. The van der Waals surface area contributed by atoms with Gasteiger partial charge in [-0.25, -0.2) is 0 Å². The minimum absolute atomic E-state index is 0.195. The van der Waals surface area contributed by atoms with Crippen LogP contribution in [0.3, 0.4) is 0 Å². The Balaban J connectivity index is 2.59. The van der Waals surface area contributed by atoms with E-state index in [1.165, 1.54) is 5.56 Å². The van der Waals surface area contributed by atoms with Crippen LogP contribution in [0.2, 0.25) is 0 Å². The quantitative estimate of drug-likeness (QED) is 0.818. The summed E-state index contributed by atoms with van der Waals surface area (Å²) in [4.78, 5) is 10.3. The minimum Gasteiger partial charge on any atom is -0.481 e. The molecule has 1 N–H and O–H groups in total. The highest BCUT2D eigenvalue weighted by atomic mass is 16.4. The van der Waals surface area contributed by atoms with Crippen LogP contribution < -0.4 is 0 Å². The van der Waals surface area contributed by atoms with E-state index >= 15 is 0 Å². The molecule has 2 heteroatoms. The van der Waals surface area contributed by atoms with Gasteiger partial charge in [0.2, 0.25) is 0 Å². The number of allylic oxidation sites excluding steroid dienone is 1. The Bertz CT molecular complexity index is 378. The zero-order valence-electron chi connectivity index (χ0n) is 9.81. The van der Waals surface area contributed by atoms with Crippen molar-refractivity contribution in [2.24, 2.45) is 0 Å². The van der Waals surface area contributed by atoms with Gasteiger partial charge in [-0.3, -0.25) is 4.79 Å².